The number of amides is 1. The molecule has 0 spiro atoms. The van der Waals surface area contributed by atoms with E-state index in [1.807, 2.05) is 56.3 Å². The third-order valence-electron chi connectivity index (χ3n) is 3.79. The Hall–Kier alpha value is -2.57. The number of hydrogen-bond donors (Lipinski definition) is 1. The molecule has 3 rings (SSSR count). The number of oxime groups is 1. The minimum Gasteiger partial charge on any atom is -0.367 e. The minimum atomic E-state index is -0.815. The highest BCUT2D eigenvalue weighted by molar-refractivity contribution is 6.30. The molecule has 2 aromatic carbocycles. The van der Waals surface area contributed by atoms with Gasteiger partial charge in [-0.15, -0.1) is 0 Å². The molecule has 0 radical (unpaired) electrons. The third kappa shape index (κ3) is 4.33. The normalized spacial score (nSPS) is 15.3. The van der Waals surface area contributed by atoms with E-state index in [-0.39, 0.29) is 12.5 Å². The van der Waals surface area contributed by atoms with Crippen molar-refractivity contribution in [3.8, 4) is 0 Å². The van der Waals surface area contributed by atoms with E-state index in [1.165, 1.54) is 0 Å². The van der Waals surface area contributed by atoms with Gasteiger partial charge < -0.3 is 9.57 Å². The van der Waals surface area contributed by atoms with Gasteiger partial charge in [-0.05, 0) is 43.7 Å². The highest BCUT2D eigenvalue weighted by atomic mass is 35.5. The molecule has 0 saturated carbocycles. The van der Waals surface area contributed by atoms with Gasteiger partial charge in [0.2, 0.25) is 5.72 Å². The van der Waals surface area contributed by atoms with Gasteiger partial charge >= 0.3 is 0 Å². The Morgan fingerprint density at radius 3 is 2.58 bits per heavy atom. The molecular formula is C19H20ClN3O3. The first kappa shape index (κ1) is 18.2. The zero-order chi connectivity index (χ0) is 18.6. The summed E-state index contributed by atoms with van der Waals surface area (Å²) in [4.78, 5) is 17.7. The number of hydrogen-bond acceptors (Lipinski definition) is 5. The Bertz CT molecular complexity index is 791. The summed E-state index contributed by atoms with van der Waals surface area (Å²) in [7, 11) is 0. The van der Waals surface area contributed by atoms with Crippen LogP contribution in [0.2, 0.25) is 5.02 Å². The summed E-state index contributed by atoms with van der Waals surface area (Å²) in [6.07, 6.45) is 0. The lowest BCUT2D eigenvalue weighted by Crippen LogP contribution is -2.55. The molecule has 26 heavy (non-hydrogen) atoms. The predicted molar refractivity (Wildman–Crippen MR) is 99.2 cm³/mol. The second-order valence-corrected chi connectivity index (χ2v) is 6.75. The number of hydrazine groups is 1. The summed E-state index contributed by atoms with van der Waals surface area (Å²) in [5, 5.41) is 6.31. The Balaban J connectivity index is 1.61. The van der Waals surface area contributed by atoms with Crippen LogP contribution in [0.3, 0.4) is 0 Å². The molecular weight excluding hydrogens is 354 g/mol. The van der Waals surface area contributed by atoms with E-state index >= 15 is 0 Å². The van der Waals surface area contributed by atoms with Gasteiger partial charge in [0.15, 0.2) is 5.84 Å². The van der Waals surface area contributed by atoms with Crippen molar-refractivity contribution in [3.63, 3.8) is 0 Å². The molecule has 0 aliphatic carbocycles. The summed E-state index contributed by atoms with van der Waals surface area (Å²) in [6.45, 7) is 3.91. The van der Waals surface area contributed by atoms with Crippen LogP contribution in [0.15, 0.2) is 59.8 Å². The molecule has 1 aliphatic heterocycles. The second kappa shape index (κ2) is 7.76. The summed E-state index contributed by atoms with van der Waals surface area (Å²) in [5.74, 6) is 0.212. The first-order chi connectivity index (χ1) is 12.5. The monoisotopic (exact) mass is 373 g/mol. The standard InChI is InChI=1S/C19H20ClN3O3/c1-19(2)23(18(22-26-19)15-8-10-16(20)11-9-15)21-17(24)13-25-12-14-6-4-3-5-7-14/h3-11H,12-13H2,1-2H3,(H,21,24). The fourth-order valence-corrected chi connectivity index (χ4v) is 2.58. The highest BCUT2D eigenvalue weighted by Crippen LogP contribution is 2.25. The molecule has 0 unspecified atom stereocenters. The number of benzene rings is 2. The Morgan fingerprint density at radius 1 is 1.19 bits per heavy atom. The van der Waals surface area contributed by atoms with E-state index < -0.39 is 5.72 Å². The summed E-state index contributed by atoms with van der Waals surface area (Å²) < 4.78 is 5.48. The van der Waals surface area contributed by atoms with Gasteiger partial charge in [-0.2, -0.15) is 0 Å². The molecule has 136 valence electrons. The van der Waals surface area contributed by atoms with Crippen LogP contribution >= 0.6 is 11.6 Å². The number of amidine groups is 1. The van der Waals surface area contributed by atoms with Crippen LogP contribution in [-0.4, -0.2) is 29.1 Å². The lowest BCUT2D eigenvalue weighted by Gasteiger charge is -2.31. The molecule has 1 aliphatic rings. The first-order valence-electron chi connectivity index (χ1n) is 8.19. The van der Waals surface area contributed by atoms with Gasteiger partial charge in [-0.25, -0.2) is 5.01 Å². The number of rotatable bonds is 6. The van der Waals surface area contributed by atoms with E-state index in [0.717, 1.165) is 11.1 Å². The highest BCUT2D eigenvalue weighted by Gasteiger charge is 2.39. The van der Waals surface area contributed by atoms with Crippen LogP contribution in [0.5, 0.6) is 0 Å². The number of nitrogens with one attached hydrogen (secondary N) is 1. The Morgan fingerprint density at radius 2 is 1.88 bits per heavy atom. The molecule has 0 saturated heterocycles. The predicted octanol–water partition coefficient (Wildman–Crippen LogP) is 3.32. The molecule has 1 amide bonds. The van der Waals surface area contributed by atoms with E-state index in [0.29, 0.717) is 17.5 Å². The van der Waals surface area contributed by atoms with Gasteiger partial charge in [-0.1, -0.05) is 47.1 Å². The first-order valence-corrected chi connectivity index (χ1v) is 8.57. The fraction of sp³-hybridized carbons (Fsp3) is 0.263. The number of halogens is 1. The maximum atomic E-state index is 12.3. The topological polar surface area (TPSA) is 63.2 Å². The minimum absolute atomic E-state index is 0.0740. The number of ether oxygens (including phenoxy) is 1. The smallest absolute Gasteiger partial charge is 0.264 e. The van der Waals surface area contributed by atoms with Gasteiger partial charge in [0.25, 0.3) is 5.91 Å². The third-order valence-corrected chi connectivity index (χ3v) is 4.04. The zero-order valence-corrected chi connectivity index (χ0v) is 15.4. The van der Waals surface area contributed by atoms with Crippen molar-refractivity contribution >= 4 is 23.3 Å². The molecule has 0 fully saturated rings. The van der Waals surface area contributed by atoms with Gasteiger partial charge in [-0.3, -0.25) is 10.2 Å². The van der Waals surface area contributed by atoms with E-state index in [2.05, 4.69) is 10.6 Å². The SMILES string of the molecule is CC1(C)ON=C(c2ccc(Cl)cc2)N1NC(=O)COCc1ccccc1. The van der Waals surface area contributed by atoms with Crippen molar-refractivity contribution in [1.82, 2.24) is 10.4 Å². The maximum Gasteiger partial charge on any atom is 0.264 e. The van der Waals surface area contributed by atoms with Gasteiger partial charge in [0.1, 0.15) is 6.61 Å². The molecule has 0 aromatic heterocycles. The number of carbonyl (C=O) groups is 1. The van der Waals surface area contributed by atoms with Crippen LogP contribution in [0.4, 0.5) is 0 Å². The lowest BCUT2D eigenvalue weighted by molar-refractivity contribution is -0.139. The molecule has 7 heteroatoms. The number of carbonyl (C=O) groups excluding carboxylic acids is 1. The summed E-state index contributed by atoms with van der Waals surface area (Å²) in [6, 6.07) is 16.8. The number of nitrogens with zero attached hydrogens (tertiary/aromatic N) is 2. The Labute approximate surface area is 157 Å². The summed E-state index contributed by atoms with van der Waals surface area (Å²) >= 11 is 5.93. The van der Waals surface area contributed by atoms with E-state index in [4.69, 9.17) is 21.2 Å². The van der Waals surface area contributed by atoms with Crippen molar-refractivity contribution in [2.24, 2.45) is 5.16 Å². The average Bonchev–Trinajstić information content (AvgIpc) is 2.91. The molecule has 0 bridgehead atoms. The quantitative estimate of drug-likeness (QED) is 0.843. The van der Waals surface area contributed by atoms with Crippen molar-refractivity contribution in [3.05, 3.63) is 70.7 Å². The van der Waals surface area contributed by atoms with Crippen molar-refractivity contribution in [2.75, 3.05) is 6.61 Å². The van der Waals surface area contributed by atoms with Crippen LogP contribution in [0.1, 0.15) is 25.0 Å². The molecule has 1 N–H and O–H groups in total. The van der Waals surface area contributed by atoms with E-state index in [9.17, 15) is 4.79 Å². The fourth-order valence-electron chi connectivity index (χ4n) is 2.45. The molecule has 0 atom stereocenters. The van der Waals surface area contributed by atoms with Crippen LogP contribution in [0, 0.1) is 0 Å². The zero-order valence-electron chi connectivity index (χ0n) is 14.6. The lowest BCUT2D eigenvalue weighted by atomic mass is 10.2. The van der Waals surface area contributed by atoms with Crippen molar-refractivity contribution in [2.45, 2.75) is 26.2 Å². The average molecular weight is 374 g/mol. The molecule has 6 nitrogen and oxygen atoms in total. The van der Waals surface area contributed by atoms with E-state index in [1.54, 1.807) is 17.1 Å². The summed E-state index contributed by atoms with van der Waals surface area (Å²) in [5.41, 5.74) is 3.77. The Kier molecular flexibility index (Phi) is 5.44. The van der Waals surface area contributed by atoms with Crippen LogP contribution in [0.25, 0.3) is 0 Å². The van der Waals surface area contributed by atoms with Crippen LogP contribution in [-0.2, 0) is 21.0 Å². The van der Waals surface area contributed by atoms with Gasteiger partial charge in [0, 0.05) is 10.6 Å². The maximum absolute atomic E-state index is 12.3. The van der Waals surface area contributed by atoms with Gasteiger partial charge in [0.05, 0.1) is 6.61 Å². The molecule has 1 heterocycles. The largest absolute Gasteiger partial charge is 0.367 e. The van der Waals surface area contributed by atoms with Crippen molar-refractivity contribution in [1.29, 1.82) is 0 Å². The van der Waals surface area contributed by atoms with Crippen LogP contribution < -0.4 is 5.43 Å². The second-order valence-electron chi connectivity index (χ2n) is 6.31. The van der Waals surface area contributed by atoms with Crippen molar-refractivity contribution < 1.29 is 14.4 Å². The molecule has 2 aromatic rings.